The molecule has 3 unspecified atom stereocenters. The van der Waals surface area contributed by atoms with Crippen LogP contribution in [0.15, 0.2) is 36.5 Å². The van der Waals surface area contributed by atoms with Crippen LogP contribution in [0.4, 0.5) is 0 Å². The van der Waals surface area contributed by atoms with Gasteiger partial charge in [0, 0.05) is 14.5 Å². The highest BCUT2D eigenvalue weighted by Crippen LogP contribution is 2.25. The molecule has 0 radical (unpaired) electrons. The largest absolute Gasteiger partial charge is 0.0878 e. The van der Waals surface area contributed by atoms with E-state index in [1.54, 1.807) is 0 Å². The molecule has 3 atom stereocenters. The van der Waals surface area contributed by atoms with Crippen LogP contribution in [0.3, 0.4) is 0 Å². The van der Waals surface area contributed by atoms with Crippen LogP contribution < -0.4 is 0 Å². The molecule has 0 bridgehead atoms. The lowest BCUT2D eigenvalue weighted by atomic mass is 10.1. The van der Waals surface area contributed by atoms with Crippen LogP contribution in [0.2, 0.25) is 0 Å². The van der Waals surface area contributed by atoms with Gasteiger partial charge >= 0.3 is 0 Å². The lowest BCUT2D eigenvalue weighted by Gasteiger charge is -2.16. The lowest BCUT2D eigenvalue weighted by Crippen LogP contribution is -2.14. The quantitative estimate of drug-likeness (QED) is 0.496. The predicted molar refractivity (Wildman–Crippen MR) is 79.4 cm³/mol. The molecular formula is C12H15Br3. The number of hydrogen-bond acceptors (Lipinski definition) is 0. The van der Waals surface area contributed by atoms with Crippen LogP contribution in [0.25, 0.3) is 0 Å². The molecule has 0 heterocycles. The Labute approximate surface area is 117 Å². The molecule has 1 aliphatic rings. The number of alkyl halides is 3. The first-order chi connectivity index (χ1) is 7.20. The molecule has 1 rings (SSSR count). The van der Waals surface area contributed by atoms with Crippen molar-refractivity contribution in [1.82, 2.24) is 0 Å². The summed E-state index contributed by atoms with van der Waals surface area (Å²) in [6, 6.07) is 0. The van der Waals surface area contributed by atoms with E-state index in [1.807, 2.05) is 0 Å². The monoisotopic (exact) mass is 396 g/mol. The topological polar surface area (TPSA) is 0 Å². The summed E-state index contributed by atoms with van der Waals surface area (Å²) >= 11 is 11.1. The Morgan fingerprint density at radius 2 is 1.53 bits per heavy atom. The van der Waals surface area contributed by atoms with E-state index in [-0.39, 0.29) is 0 Å². The zero-order valence-corrected chi connectivity index (χ0v) is 13.2. The van der Waals surface area contributed by atoms with Crippen LogP contribution >= 0.6 is 47.8 Å². The Balaban J connectivity index is 2.61. The summed E-state index contributed by atoms with van der Waals surface area (Å²) in [7, 11) is 0. The van der Waals surface area contributed by atoms with E-state index in [1.165, 1.54) is 6.42 Å². The van der Waals surface area contributed by atoms with Gasteiger partial charge in [-0.25, -0.2) is 0 Å². The van der Waals surface area contributed by atoms with Gasteiger partial charge in [0.2, 0.25) is 0 Å². The smallest absolute Gasteiger partial charge is 0.0328 e. The van der Waals surface area contributed by atoms with Gasteiger partial charge < -0.3 is 0 Å². The first-order valence-electron chi connectivity index (χ1n) is 5.12. The molecule has 0 aromatic carbocycles. The van der Waals surface area contributed by atoms with E-state index in [0.29, 0.717) is 14.5 Å². The maximum absolute atomic E-state index is 3.73. The Bertz CT molecular complexity index is 256. The molecule has 0 saturated carbocycles. The van der Waals surface area contributed by atoms with Gasteiger partial charge in [-0.3, -0.25) is 0 Å². The van der Waals surface area contributed by atoms with Gasteiger partial charge in [-0.2, -0.15) is 0 Å². The molecule has 1 aliphatic carbocycles. The van der Waals surface area contributed by atoms with Crippen molar-refractivity contribution in [3.05, 3.63) is 36.5 Å². The van der Waals surface area contributed by atoms with Crippen molar-refractivity contribution in [2.75, 3.05) is 0 Å². The van der Waals surface area contributed by atoms with Crippen molar-refractivity contribution in [2.24, 2.45) is 0 Å². The molecule has 0 aliphatic heterocycles. The minimum atomic E-state index is 0.477. The molecule has 0 N–H and O–H groups in total. The summed E-state index contributed by atoms with van der Waals surface area (Å²) < 4.78 is 0. The number of allylic oxidation sites excluding steroid dienone is 6. The summed E-state index contributed by atoms with van der Waals surface area (Å²) in [5, 5.41) is 0. The van der Waals surface area contributed by atoms with Crippen molar-refractivity contribution < 1.29 is 0 Å². The summed E-state index contributed by atoms with van der Waals surface area (Å²) in [5.74, 6) is 0. The zero-order valence-electron chi connectivity index (χ0n) is 8.45. The second-order valence-corrected chi connectivity index (χ2v) is 7.09. The molecule has 0 aromatic rings. The predicted octanol–water partition coefficient (Wildman–Crippen LogP) is 5.13. The number of hydrogen-bond donors (Lipinski definition) is 0. The molecule has 0 nitrogen and oxygen atoms in total. The summed E-state index contributed by atoms with van der Waals surface area (Å²) in [4.78, 5) is 1.54. The van der Waals surface area contributed by atoms with Crippen molar-refractivity contribution in [1.29, 1.82) is 0 Å². The van der Waals surface area contributed by atoms with Gasteiger partial charge in [0.1, 0.15) is 0 Å². The Hall–Kier alpha value is 0.660. The molecule has 0 fully saturated rings. The van der Waals surface area contributed by atoms with Crippen LogP contribution in [0.5, 0.6) is 0 Å². The maximum Gasteiger partial charge on any atom is 0.0328 e. The van der Waals surface area contributed by atoms with E-state index in [2.05, 4.69) is 84.2 Å². The third kappa shape index (κ3) is 6.08. The second kappa shape index (κ2) is 7.86. The molecule has 0 aromatic heterocycles. The lowest BCUT2D eigenvalue weighted by molar-refractivity contribution is 0.702. The summed E-state index contributed by atoms with van der Waals surface area (Å²) in [6.07, 6.45) is 16.1. The molecule has 0 amide bonds. The van der Waals surface area contributed by atoms with Crippen LogP contribution in [0, 0.1) is 0 Å². The fourth-order valence-electron chi connectivity index (χ4n) is 1.34. The number of halogens is 3. The van der Waals surface area contributed by atoms with Gasteiger partial charge in [-0.15, -0.1) is 0 Å². The number of rotatable bonds is 0. The summed E-state index contributed by atoms with van der Waals surface area (Å²) in [5.41, 5.74) is 0. The molecule has 84 valence electrons. The van der Waals surface area contributed by atoms with Crippen molar-refractivity contribution in [3.8, 4) is 0 Å². The maximum atomic E-state index is 3.73. The fourth-order valence-corrected chi connectivity index (χ4v) is 2.74. The van der Waals surface area contributed by atoms with E-state index >= 15 is 0 Å². The normalized spacial score (nSPS) is 39.8. The Kier molecular flexibility index (Phi) is 7.19. The van der Waals surface area contributed by atoms with E-state index < -0.39 is 0 Å². The highest BCUT2D eigenvalue weighted by Gasteiger charge is 2.15. The molecule has 15 heavy (non-hydrogen) atoms. The first-order valence-corrected chi connectivity index (χ1v) is 7.87. The minimum absolute atomic E-state index is 0.477. The fraction of sp³-hybridized carbons (Fsp3) is 0.500. The first kappa shape index (κ1) is 13.7. The van der Waals surface area contributed by atoms with E-state index in [0.717, 1.165) is 12.8 Å². The molecule has 3 heteroatoms. The van der Waals surface area contributed by atoms with Crippen LogP contribution in [-0.2, 0) is 0 Å². The Morgan fingerprint density at radius 1 is 0.800 bits per heavy atom. The van der Waals surface area contributed by atoms with Gasteiger partial charge in [0.05, 0.1) is 0 Å². The van der Waals surface area contributed by atoms with Gasteiger partial charge in [-0.1, -0.05) is 84.2 Å². The minimum Gasteiger partial charge on any atom is -0.0878 e. The zero-order chi connectivity index (χ0) is 11.1. The van der Waals surface area contributed by atoms with Gasteiger partial charge in [0.25, 0.3) is 0 Å². The third-order valence-electron chi connectivity index (χ3n) is 2.26. The van der Waals surface area contributed by atoms with Crippen molar-refractivity contribution in [2.45, 2.75) is 33.7 Å². The standard InChI is InChI=1S/C12H15Br3/c13-10-6-4-2-1-3-5-7-11(14)12(15)9-8-10/h1-6,10-12H,7-9H2/b2-1+,5-3-,6-4-. The average Bonchev–Trinajstić information content (AvgIpc) is 2.22. The van der Waals surface area contributed by atoms with E-state index in [9.17, 15) is 0 Å². The highest BCUT2D eigenvalue weighted by atomic mass is 79.9. The van der Waals surface area contributed by atoms with Crippen molar-refractivity contribution in [3.63, 3.8) is 0 Å². The molecule has 0 saturated heterocycles. The molecular weight excluding hydrogens is 384 g/mol. The van der Waals surface area contributed by atoms with Crippen molar-refractivity contribution >= 4 is 47.8 Å². The van der Waals surface area contributed by atoms with Crippen LogP contribution in [-0.4, -0.2) is 14.5 Å². The Morgan fingerprint density at radius 3 is 2.33 bits per heavy atom. The SMILES string of the molecule is BrC1\C=C/C=C/C=C\CC(Br)C(Br)CC1. The van der Waals surface area contributed by atoms with Gasteiger partial charge in [0.15, 0.2) is 0 Å². The molecule has 0 spiro atoms. The highest BCUT2D eigenvalue weighted by molar-refractivity contribution is 9.12. The third-order valence-corrected chi connectivity index (χ3v) is 5.84. The average molecular weight is 399 g/mol. The summed E-state index contributed by atoms with van der Waals surface area (Å²) in [6.45, 7) is 0. The van der Waals surface area contributed by atoms with Gasteiger partial charge in [-0.05, 0) is 19.3 Å². The van der Waals surface area contributed by atoms with Crippen LogP contribution in [0.1, 0.15) is 19.3 Å². The second-order valence-electron chi connectivity index (χ2n) is 3.56. The van der Waals surface area contributed by atoms with E-state index in [4.69, 9.17) is 0 Å².